The van der Waals surface area contributed by atoms with Gasteiger partial charge in [-0.2, -0.15) is 0 Å². The number of anilines is 1. The molecule has 2 aromatic carbocycles. The lowest BCUT2D eigenvalue weighted by molar-refractivity contribution is -0.114. The molecule has 3 aromatic rings. The van der Waals surface area contributed by atoms with Crippen molar-refractivity contribution in [3.8, 4) is 5.75 Å². The summed E-state index contributed by atoms with van der Waals surface area (Å²) in [6, 6.07) is 10.2. The first-order chi connectivity index (χ1) is 15.2. The lowest BCUT2D eigenvalue weighted by Gasteiger charge is -2.12. The average molecular weight is 459 g/mol. The van der Waals surface area contributed by atoms with Gasteiger partial charge in [-0.05, 0) is 48.4 Å². The predicted molar refractivity (Wildman–Crippen MR) is 118 cm³/mol. The highest BCUT2D eigenvalue weighted by Crippen LogP contribution is 2.27. The molecule has 8 nitrogen and oxygen atoms in total. The number of sulfonamides is 1. The molecule has 0 fully saturated rings. The molecule has 0 atom stereocenters. The normalized spacial score (nSPS) is 11.6. The van der Waals surface area contributed by atoms with E-state index in [4.69, 9.17) is 9.26 Å². The Morgan fingerprint density at radius 2 is 1.91 bits per heavy atom. The fourth-order valence-electron chi connectivity index (χ4n) is 2.87. The molecular weight excluding hydrogens is 437 g/mol. The Kier molecular flexibility index (Phi) is 7.06. The molecule has 10 heteroatoms. The molecule has 3 rings (SSSR count). The Bertz CT molecular complexity index is 1250. The number of carbonyl (C=O) groups excluding carboxylic acids is 1. The summed E-state index contributed by atoms with van der Waals surface area (Å²) in [5.74, 6) is -0.173. The average Bonchev–Trinajstić information content (AvgIpc) is 3.10. The maximum absolute atomic E-state index is 13.1. The zero-order chi connectivity index (χ0) is 23.3. The van der Waals surface area contributed by atoms with Crippen LogP contribution in [0.4, 0.5) is 10.1 Å². The third kappa shape index (κ3) is 5.59. The van der Waals surface area contributed by atoms with E-state index in [2.05, 4.69) is 15.2 Å². The molecular formula is C22H22FN3O5S. The van der Waals surface area contributed by atoms with Gasteiger partial charge in [0.25, 0.3) is 0 Å². The van der Waals surface area contributed by atoms with Crippen LogP contribution in [-0.4, -0.2) is 26.6 Å². The van der Waals surface area contributed by atoms with Crippen molar-refractivity contribution in [1.82, 2.24) is 9.88 Å². The third-order valence-corrected chi connectivity index (χ3v) is 5.90. The first kappa shape index (κ1) is 23.2. The van der Waals surface area contributed by atoms with Crippen LogP contribution >= 0.6 is 0 Å². The minimum atomic E-state index is -3.93. The number of aryl methyl sites for hydroxylation is 1. The highest BCUT2D eigenvalue weighted by atomic mass is 32.2. The van der Waals surface area contributed by atoms with Crippen molar-refractivity contribution in [3.63, 3.8) is 0 Å². The minimum absolute atomic E-state index is 0.0107. The number of benzene rings is 2. The molecule has 1 amide bonds. The van der Waals surface area contributed by atoms with Gasteiger partial charge in [-0.1, -0.05) is 29.4 Å². The molecule has 0 saturated carbocycles. The summed E-state index contributed by atoms with van der Waals surface area (Å²) in [5, 5.41) is 6.49. The van der Waals surface area contributed by atoms with Crippen LogP contribution in [0.2, 0.25) is 0 Å². The zero-order valence-electron chi connectivity index (χ0n) is 17.7. The van der Waals surface area contributed by atoms with Gasteiger partial charge in [-0.3, -0.25) is 4.79 Å². The van der Waals surface area contributed by atoms with Crippen molar-refractivity contribution in [2.45, 2.75) is 25.3 Å². The summed E-state index contributed by atoms with van der Waals surface area (Å²) in [6.45, 7) is 3.06. The lowest BCUT2D eigenvalue weighted by Crippen LogP contribution is -2.23. The van der Waals surface area contributed by atoms with E-state index >= 15 is 0 Å². The molecule has 0 radical (unpaired) electrons. The van der Waals surface area contributed by atoms with Gasteiger partial charge in [0.15, 0.2) is 5.76 Å². The Morgan fingerprint density at radius 1 is 1.19 bits per heavy atom. The number of hydrogen-bond donors (Lipinski definition) is 2. The van der Waals surface area contributed by atoms with E-state index < -0.39 is 15.8 Å². The van der Waals surface area contributed by atoms with Crippen molar-refractivity contribution in [1.29, 1.82) is 0 Å². The zero-order valence-corrected chi connectivity index (χ0v) is 18.5. The molecule has 0 aliphatic carbocycles. The molecule has 0 spiro atoms. The number of nitrogens with zero attached hydrogens (tertiary/aromatic N) is 1. The van der Waals surface area contributed by atoms with Crippen molar-refractivity contribution < 1.29 is 26.9 Å². The summed E-state index contributed by atoms with van der Waals surface area (Å²) in [6.07, 6.45) is 3.21. The smallest absolute Gasteiger partial charge is 0.244 e. The van der Waals surface area contributed by atoms with Crippen molar-refractivity contribution in [2.75, 3.05) is 12.4 Å². The standard InChI is InChI=1S/C22H22FN3O5S/c1-14-22(25-15(2)27)20(31-26-14)11-7-16-6-10-19(30-3)21(12-16)32(28,29)24-13-17-4-8-18(23)9-5-17/h4-12,24H,13H2,1-3H3,(H,25,27)/b11-7-. The van der Waals surface area contributed by atoms with E-state index in [1.54, 1.807) is 25.1 Å². The minimum Gasteiger partial charge on any atom is -0.495 e. The van der Waals surface area contributed by atoms with Gasteiger partial charge in [0.1, 0.15) is 27.8 Å². The summed E-state index contributed by atoms with van der Waals surface area (Å²) in [7, 11) is -2.56. The highest BCUT2D eigenvalue weighted by molar-refractivity contribution is 7.89. The topological polar surface area (TPSA) is 111 Å². The first-order valence-corrected chi connectivity index (χ1v) is 11.0. The second-order valence-electron chi connectivity index (χ2n) is 6.88. The SMILES string of the molecule is COc1ccc(/C=C\c2onc(C)c2NC(C)=O)cc1S(=O)(=O)NCc1ccc(F)cc1. The predicted octanol–water partition coefficient (Wildman–Crippen LogP) is 3.74. The fraction of sp³-hybridized carbons (Fsp3) is 0.182. The number of carbonyl (C=O) groups is 1. The molecule has 0 bridgehead atoms. The van der Waals surface area contributed by atoms with E-state index in [0.717, 1.165) is 0 Å². The maximum atomic E-state index is 13.1. The van der Waals surface area contributed by atoms with Crippen LogP contribution < -0.4 is 14.8 Å². The number of rotatable bonds is 8. The van der Waals surface area contributed by atoms with Crippen LogP contribution in [0.5, 0.6) is 5.75 Å². The second-order valence-corrected chi connectivity index (χ2v) is 8.62. The van der Waals surface area contributed by atoms with Crippen LogP contribution in [0.1, 0.15) is 29.5 Å². The summed E-state index contributed by atoms with van der Waals surface area (Å²) in [5.41, 5.74) is 2.12. The van der Waals surface area contributed by atoms with Gasteiger partial charge in [-0.15, -0.1) is 0 Å². The van der Waals surface area contributed by atoms with Crippen LogP contribution in [0, 0.1) is 12.7 Å². The molecule has 1 heterocycles. The molecule has 1 aromatic heterocycles. The second kappa shape index (κ2) is 9.75. The number of methoxy groups -OCH3 is 1. The fourth-order valence-corrected chi connectivity index (χ4v) is 4.09. The van der Waals surface area contributed by atoms with Crippen LogP contribution in [0.15, 0.2) is 51.9 Å². The van der Waals surface area contributed by atoms with E-state index in [1.807, 2.05) is 0 Å². The van der Waals surface area contributed by atoms with Gasteiger partial charge in [0.2, 0.25) is 15.9 Å². The highest BCUT2D eigenvalue weighted by Gasteiger charge is 2.20. The lowest BCUT2D eigenvalue weighted by atomic mass is 10.2. The van der Waals surface area contributed by atoms with Gasteiger partial charge >= 0.3 is 0 Å². The molecule has 0 saturated heterocycles. The maximum Gasteiger partial charge on any atom is 0.244 e. The first-order valence-electron chi connectivity index (χ1n) is 9.53. The Balaban J connectivity index is 1.86. The van der Waals surface area contributed by atoms with Crippen molar-refractivity contribution in [2.24, 2.45) is 0 Å². The van der Waals surface area contributed by atoms with Gasteiger partial charge in [0, 0.05) is 13.5 Å². The van der Waals surface area contributed by atoms with Gasteiger partial charge in [-0.25, -0.2) is 17.5 Å². The monoisotopic (exact) mass is 459 g/mol. The van der Waals surface area contributed by atoms with E-state index in [-0.39, 0.29) is 23.1 Å². The Labute approximate surface area is 185 Å². The molecule has 0 unspecified atom stereocenters. The number of aromatic nitrogens is 1. The Morgan fingerprint density at radius 3 is 2.56 bits per heavy atom. The summed E-state index contributed by atoms with van der Waals surface area (Å²) in [4.78, 5) is 11.3. The Hall–Kier alpha value is -3.50. The summed E-state index contributed by atoms with van der Waals surface area (Å²) < 4.78 is 51.8. The third-order valence-electron chi connectivity index (χ3n) is 4.47. The van der Waals surface area contributed by atoms with E-state index in [0.29, 0.717) is 28.3 Å². The van der Waals surface area contributed by atoms with Crippen LogP contribution in [-0.2, 0) is 21.4 Å². The molecule has 0 aliphatic rings. The largest absolute Gasteiger partial charge is 0.495 e. The number of hydrogen-bond acceptors (Lipinski definition) is 6. The number of halogens is 1. The van der Waals surface area contributed by atoms with Gasteiger partial charge in [0.05, 0.1) is 7.11 Å². The molecule has 168 valence electrons. The number of amides is 1. The van der Waals surface area contributed by atoms with E-state index in [1.165, 1.54) is 50.4 Å². The van der Waals surface area contributed by atoms with Gasteiger partial charge < -0.3 is 14.6 Å². The van der Waals surface area contributed by atoms with Crippen molar-refractivity contribution in [3.05, 3.63) is 70.9 Å². The number of nitrogens with one attached hydrogen (secondary N) is 2. The summed E-state index contributed by atoms with van der Waals surface area (Å²) >= 11 is 0. The molecule has 32 heavy (non-hydrogen) atoms. The number of ether oxygens (including phenoxy) is 1. The van der Waals surface area contributed by atoms with Crippen LogP contribution in [0.3, 0.4) is 0 Å². The quantitative estimate of drug-likeness (QED) is 0.531. The molecule has 0 aliphatic heterocycles. The van der Waals surface area contributed by atoms with E-state index in [9.17, 15) is 17.6 Å². The molecule has 2 N–H and O–H groups in total. The van der Waals surface area contributed by atoms with Crippen molar-refractivity contribution >= 4 is 33.8 Å². The van der Waals surface area contributed by atoms with Crippen LogP contribution in [0.25, 0.3) is 12.2 Å².